The molecule has 2 rings (SSSR count). The highest BCUT2D eigenvalue weighted by Crippen LogP contribution is 2.27. The molecule has 1 saturated heterocycles. The maximum atomic E-state index is 11.1. The fourth-order valence-electron chi connectivity index (χ4n) is 2.31. The van der Waals surface area contributed by atoms with E-state index in [2.05, 4.69) is 11.8 Å². The molecule has 0 atom stereocenters. The number of piperidine rings is 1. The number of halogens is 1. The molecule has 1 aromatic rings. The van der Waals surface area contributed by atoms with Gasteiger partial charge in [0.2, 0.25) is 0 Å². The minimum atomic E-state index is -3.46. The van der Waals surface area contributed by atoms with Gasteiger partial charge in [0.05, 0.1) is 12.9 Å². The van der Waals surface area contributed by atoms with E-state index in [9.17, 15) is 8.42 Å². The van der Waals surface area contributed by atoms with Crippen LogP contribution in [0, 0.1) is 5.92 Å². The van der Waals surface area contributed by atoms with Gasteiger partial charge in [-0.05, 0) is 42.5 Å². The molecule has 20 heavy (non-hydrogen) atoms. The summed E-state index contributed by atoms with van der Waals surface area (Å²) in [6.07, 6.45) is 3.40. The van der Waals surface area contributed by atoms with Gasteiger partial charge in [-0.25, -0.2) is 0 Å². The Labute approximate surface area is 125 Å². The van der Waals surface area contributed by atoms with Gasteiger partial charge in [0.1, 0.15) is 0 Å². The normalized spacial score (nSPS) is 17.4. The van der Waals surface area contributed by atoms with E-state index >= 15 is 0 Å². The molecule has 0 aromatic heterocycles. The van der Waals surface area contributed by atoms with Crippen molar-refractivity contribution in [3.05, 3.63) is 28.8 Å². The Kier molecular flexibility index (Phi) is 4.94. The number of benzene rings is 1. The monoisotopic (exact) mass is 317 g/mol. The molecule has 0 unspecified atom stereocenters. The summed E-state index contributed by atoms with van der Waals surface area (Å²) < 4.78 is 27.0. The van der Waals surface area contributed by atoms with Crippen molar-refractivity contribution in [3.63, 3.8) is 0 Å². The third-order valence-corrected chi connectivity index (χ3v) is 4.52. The van der Waals surface area contributed by atoms with E-state index in [1.54, 1.807) is 6.07 Å². The lowest BCUT2D eigenvalue weighted by Crippen LogP contribution is -2.32. The van der Waals surface area contributed by atoms with E-state index in [0.717, 1.165) is 31.0 Å². The number of hydrogen-bond acceptors (Lipinski definition) is 4. The van der Waals surface area contributed by atoms with Crippen molar-refractivity contribution in [2.75, 3.05) is 24.2 Å². The maximum absolute atomic E-state index is 11.1. The zero-order valence-corrected chi connectivity index (χ0v) is 13.4. The first kappa shape index (κ1) is 15.6. The standard InChI is InChI=1S/C14H20ClNO3S/c1-11-5-7-16(8-6-11)13-3-4-14(15)12(9-13)10-19-20(2,17)18/h3-4,9,11H,5-8,10H2,1-2H3. The van der Waals surface area contributed by atoms with Crippen molar-refractivity contribution in [3.8, 4) is 0 Å². The maximum Gasteiger partial charge on any atom is 0.264 e. The van der Waals surface area contributed by atoms with E-state index in [1.807, 2.05) is 12.1 Å². The van der Waals surface area contributed by atoms with E-state index in [0.29, 0.717) is 10.6 Å². The summed E-state index contributed by atoms with van der Waals surface area (Å²) in [5.41, 5.74) is 1.78. The van der Waals surface area contributed by atoms with E-state index < -0.39 is 10.1 Å². The average molecular weight is 318 g/mol. The number of rotatable bonds is 4. The van der Waals surface area contributed by atoms with Gasteiger partial charge in [0, 0.05) is 23.8 Å². The number of hydrogen-bond donors (Lipinski definition) is 0. The molecule has 0 aliphatic carbocycles. The largest absolute Gasteiger partial charge is 0.372 e. The fraction of sp³-hybridized carbons (Fsp3) is 0.571. The Morgan fingerprint density at radius 3 is 2.60 bits per heavy atom. The van der Waals surface area contributed by atoms with Crippen molar-refractivity contribution >= 4 is 27.4 Å². The third kappa shape index (κ3) is 4.36. The fourth-order valence-corrected chi connectivity index (χ4v) is 2.82. The molecule has 4 nitrogen and oxygen atoms in total. The quantitative estimate of drug-likeness (QED) is 0.801. The van der Waals surface area contributed by atoms with Gasteiger partial charge >= 0.3 is 0 Å². The molecule has 1 fully saturated rings. The molecular weight excluding hydrogens is 298 g/mol. The molecule has 0 radical (unpaired) electrons. The predicted octanol–water partition coefficient (Wildman–Crippen LogP) is 3.05. The highest BCUT2D eigenvalue weighted by Gasteiger charge is 2.17. The summed E-state index contributed by atoms with van der Waals surface area (Å²) >= 11 is 6.09. The van der Waals surface area contributed by atoms with Crippen molar-refractivity contribution in [2.45, 2.75) is 26.4 Å². The van der Waals surface area contributed by atoms with Crippen LogP contribution in [0.25, 0.3) is 0 Å². The Morgan fingerprint density at radius 1 is 1.35 bits per heavy atom. The lowest BCUT2D eigenvalue weighted by Gasteiger charge is -2.32. The zero-order valence-electron chi connectivity index (χ0n) is 11.8. The van der Waals surface area contributed by atoms with Crippen LogP contribution in [-0.2, 0) is 20.9 Å². The first-order chi connectivity index (χ1) is 9.35. The van der Waals surface area contributed by atoms with Gasteiger partial charge < -0.3 is 4.90 Å². The summed E-state index contributed by atoms with van der Waals surface area (Å²) in [5, 5.41) is 0.530. The highest BCUT2D eigenvalue weighted by molar-refractivity contribution is 7.85. The van der Waals surface area contributed by atoms with Crippen LogP contribution in [0.3, 0.4) is 0 Å². The van der Waals surface area contributed by atoms with Gasteiger partial charge in [0.15, 0.2) is 0 Å². The van der Waals surface area contributed by atoms with E-state index in [-0.39, 0.29) is 6.61 Å². The van der Waals surface area contributed by atoms with Gasteiger partial charge in [0.25, 0.3) is 10.1 Å². The lowest BCUT2D eigenvalue weighted by atomic mass is 9.98. The second-order valence-electron chi connectivity index (χ2n) is 5.41. The van der Waals surface area contributed by atoms with Crippen LogP contribution < -0.4 is 4.90 Å². The number of nitrogens with zero attached hydrogens (tertiary/aromatic N) is 1. The number of anilines is 1. The van der Waals surface area contributed by atoms with Crippen LogP contribution in [0.4, 0.5) is 5.69 Å². The third-order valence-electron chi connectivity index (χ3n) is 3.61. The Hall–Kier alpha value is -0.780. The van der Waals surface area contributed by atoms with E-state index in [1.165, 1.54) is 12.8 Å². The molecule has 0 spiro atoms. The van der Waals surface area contributed by atoms with Crippen LogP contribution >= 0.6 is 11.6 Å². The Morgan fingerprint density at radius 2 is 2.00 bits per heavy atom. The highest BCUT2D eigenvalue weighted by atomic mass is 35.5. The summed E-state index contributed by atoms with van der Waals surface area (Å²) in [6.45, 7) is 4.30. The molecule has 1 aliphatic rings. The van der Waals surface area contributed by atoms with Gasteiger partial charge in [-0.15, -0.1) is 0 Å². The van der Waals surface area contributed by atoms with E-state index in [4.69, 9.17) is 15.8 Å². The van der Waals surface area contributed by atoms with Crippen molar-refractivity contribution in [2.24, 2.45) is 5.92 Å². The topological polar surface area (TPSA) is 46.6 Å². The zero-order chi connectivity index (χ0) is 14.8. The molecule has 6 heteroatoms. The van der Waals surface area contributed by atoms with Crippen LogP contribution in [-0.4, -0.2) is 27.8 Å². The average Bonchev–Trinajstić information content (AvgIpc) is 2.38. The first-order valence-corrected chi connectivity index (χ1v) is 8.92. The minimum absolute atomic E-state index is 0.0181. The van der Waals surface area contributed by atoms with Crippen LogP contribution in [0.1, 0.15) is 25.3 Å². The molecule has 0 bridgehead atoms. The first-order valence-electron chi connectivity index (χ1n) is 6.73. The smallest absolute Gasteiger partial charge is 0.264 e. The van der Waals surface area contributed by atoms with Gasteiger partial charge in [-0.3, -0.25) is 4.18 Å². The Balaban J connectivity index is 2.12. The Bertz CT molecular complexity index is 566. The summed E-state index contributed by atoms with van der Waals surface area (Å²) in [6, 6.07) is 5.70. The van der Waals surface area contributed by atoms with Crippen LogP contribution in [0.15, 0.2) is 18.2 Å². The molecule has 112 valence electrons. The summed E-state index contributed by atoms with van der Waals surface area (Å²) in [7, 11) is -3.46. The molecule has 1 heterocycles. The van der Waals surface area contributed by atoms with Crippen molar-refractivity contribution in [1.82, 2.24) is 0 Å². The molecule has 0 saturated carbocycles. The lowest BCUT2D eigenvalue weighted by molar-refractivity contribution is 0.312. The molecular formula is C14H20ClNO3S. The molecule has 0 amide bonds. The summed E-state index contributed by atoms with van der Waals surface area (Å²) in [4.78, 5) is 2.31. The van der Waals surface area contributed by atoms with Crippen molar-refractivity contribution < 1.29 is 12.6 Å². The second-order valence-corrected chi connectivity index (χ2v) is 7.46. The van der Waals surface area contributed by atoms with Crippen molar-refractivity contribution in [1.29, 1.82) is 0 Å². The van der Waals surface area contributed by atoms with Crippen LogP contribution in [0.5, 0.6) is 0 Å². The SMILES string of the molecule is CC1CCN(c2ccc(Cl)c(COS(C)(=O)=O)c2)CC1. The van der Waals surface area contributed by atoms with Gasteiger partial charge in [-0.1, -0.05) is 18.5 Å². The second kappa shape index (κ2) is 6.33. The predicted molar refractivity (Wildman–Crippen MR) is 81.7 cm³/mol. The molecule has 0 N–H and O–H groups in total. The summed E-state index contributed by atoms with van der Waals surface area (Å²) in [5.74, 6) is 0.770. The molecule has 1 aliphatic heterocycles. The minimum Gasteiger partial charge on any atom is -0.372 e. The van der Waals surface area contributed by atoms with Crippen LogP contribution in [0.2, 0.25) is 5.02 Å². The molecule has 1 aromatic carbocycles. The van der Waals surface area contributed by atoms with Gasteiger partial charge in [-0.2, -0.15) is 8.42 Å².